The maximum Gasteiger partial charge on any atom is 0.439 e. The Morgan fingerprint density at radius 2 is 1.79 bits per heavy atom. The molecule has 2 heterocycles. The molecule has 2 aromatic carbocycles. The highest BCUT2D eigenvalue weighted by Gasteiger charge is 2.42. The number of nitrogens with zero attached hydrogens (tertiary/aromatic N) is 3. The number of anilines is 2. The van der Waals surface area contributed by atoms with E-state index >= 15 is 0 Å². The van der Waals surface area contributed by atoms with Gasteiger partial charge in [-0.05, 0) is 48.5 Å². The fraction of sp³-hybridized carbons (Fsp3) is 0.280. The number of amides is 3. The number of nitrogens with one attached hydrogen (secondary N) is 2. The lowest BCUT2D eigenvalue weighted by Crippen LogP contribution is -2.56. The summed E-state index contributed by atoms with van der Waals surface area (Å²) in [5.41, 5.74) is 1.82. The quantitative estimate of drug-likeness (QED) is 0.431. The van der Waals surface area contributed by atoms with E-state index in [0.717, 1.165) is 6.92 Å². The number of hydrogen-bond acceptors (Lipinski definition) is 9. The van der Waals surface area contributed by atoms with Gasteiger partial charge in [0.15, 0.2) is 11.9 Å². The third-order valence-corrected chi connectivity index (χ3v) is 5.65. The molecule has 0 bridgehead atoms. The van der Waals surface area contributed by atoms with Crippen LogP contribution in [-0.4, -0.2) is 78.2 Å². The molecule has 1 aliphatic rings. The number of ether oxygens (including phenoxy) is 2. The summed E-state index contributed by atoms with van der Waals surface area (Å²) in [6.45, 7) is 1.42. The molecule has 4 rings (SSSR count). The molecular weight excluding hydrogens is 498 g/mol. The van der Waals surface area contributed by atoms with Gasteiger partial charge in [-0.2, -0.15) is 0 Å². The summed E-state index contributed by atoms with van der Waals surface area (Å²) in [7, 11) is 3.28. The van der Waals surface area contributed by atoms with Crippen molar-refractivity contribution in [2.24, 2.45) is 0 Å². The minimum atomic E-state index is -1.57. The second-order valence-electron chi connectivity index (χ2n) is 8.57. The molecular formula is C25H25N5O8. The van der Waals surface area contributed by atoms with Crippen molar-refractivity contribution in [3.8, 4) is 11.4 Å². The number of morpholine rings is 1. The molecule has 0 radical (unpaired) electrons. The van der Waals surface area contributed by atoms with Gasteiger partial charge in [0.2, 0.25) is 6.10 Å². The fourth-order valence-corrected chi connectivity index (χ4v) is 3.83. The number of rotatable bonds is 7. The number of esters is 1. The van der Waals surface area contributed by atoms with Crippen LogP contribution in [0.4, 0.5) is 11.4 Å². The summed E-state index contributed by atoms with van der Waals surface area (Å²) in [5, 5.41) is 6.20. The van der Waals surface area contributed by atoms with Crippen molar-refractivity contribution in [2.75, 3.05) is 37.5 Å². The molecule has 3 aromatic rings. The van der Waals surface area contributed by atoms with Crippen molar-refractivity contribution in [3.63, 3.8) is 0 Å². The number of H-pyrrole nitrogens is 1. The number of carbonyl (C=O) groups is 4. The monoisotopic (exact) mass is 523 g/mol. The Bertz CT molecular complexity index is 1390. The number of hydrogen-bond donors (Lipinski definition) is 2. The Balaban J connectivity index is 1.50. The summed E-state index contributed by atoms with van der Waals surface area (Å²) < 4.78 is 15.3. The van der Waals surface area contributed by atoms with Crippen molar-refractivity contribution in [2.45, 2.75) is 19.1 Å². The second kappa shape index (κ2) is 11.1. The molecule has 0 spiro atoms. The number of aromatic amines is 1. The zero-order valence-electron chi connectivity index (χ0n) is 20.8. The molecule has 1 aliphatic heterocycles. The summed E-state index contributed by atoms with van der Waals surface area (Å²) in [5.74, 6) is -2.78. The zero-order valence-corrected chi connectivity index (χ0v) is 20.8. The van der Waals surface area contributed by atoms with Crippen LogP contribution in [0.15, 0.2) is 57.8 Å². The summed E-state index contributed by atoms with van der Waals surface area (Å²) in [4.78, 5) is 66.9. The van der Waals surface area contributed by atoms with Crippen LogP contribution in [0.5, 0.6) is 0 Å². The van der Waals surface area contributed by atoms with Crippen LogP contribution in [0.2, 0.25) is 0 Å². The number of carbonyl (C=O) groups excluding carboxylic acids is 4. The van der Waals surface area contributed by atoms with Crippen molar-refractivity contribution in [1.29, 1.82) is 0 Å². The third-order valence-electron chi connectivity index (χ3n) is 5.65. The summed E-state index contributed by atoms with van der Waals surface area (Å²) in [6.07, 6.45) is -2.96. The van der Waals surface area contributed by atoms with Crippen molar-refractivity contribution in [3.05, 3.63) is 64.6 Å². The average Bonchev–Trinajstić information content (AvgIpc) is 3.33. The van der Waals surface area contributed by atoms with Crippen molar-refractivity contribution in [1.82, 2.24) is 15.0 Å². The van der Waals surface area contributed by atoms with Crippen LogP contribution in [0.1, 0.15) is 17.3 Å². The van der Waals surface area contributed by atoms with E-state index in [1.54, 1.807) is 50.5 Å². The largest absolute Gasteiger partial charge is 0.449 e. The van der Waals surface area contributed by atoms with Crippen LogP contribution in [0.3, 0.4) is 0 Å². The second-order valence-corrected chi connectivity index (χ2v) is 8.57. The van der Waals surface area contributed by atoms with Gasteiger partial charge in [-0.3, -0.25) is 28.7 Å². The lowest BCUT2D eigenvalue weighted by Gasteiger charge is -2.35. The van der Waals surface area contributed by atoms with E-state index in [0.29, 0.717) is 22.5 Å². The predicted molar refractivity (Wildman–Crippen MR) is 133 cm³/mol. The van der Waals surface area contributed by atoms with Crippen molar-refractivity contribution < 1.29 is 33.2 Å². The Hall–Kier alpha value is -4.78. The van der Waals surface area contributed by atoms with E-state index < -0.39 is 35.7 Å². The highest BCUT2D eigenvalue weighted by molar-refractivity contribution is 6.05. The Labute approximate surface area is 216 Å². The molecule has 1 aromatic heterocycles. The Morgan fingerprint density at radius 3 is 2.37 bits per heavy atom. The van der Waals surface area contributed by atoms with Crippen LogP contribution in [0, 0.1) is 0 Å². The van der Waals surface area contributed by atoms with Gasteiger partial charge in [-0.15, -0.1) is 0 Å². The van der Waals surface area contributed by atoms with E-state index in [4.69, 9.17) is 9.47 Å². The van der Waals surface area contributed by atoms with Crippen LogP contribution >= 0.6 is 0 Å². The molecule has 2 N–H and O–H groups in total. The molecule has 13 heteroatoms. The van der Waals surface area contributed by atoms with E-state index in [-0.39, 0.29) is 24.9 Å². The highest BCUT2D eigenvalue weighted by Crippen LogP contribution is 2.24. The van der Waals surface area contributed by atoms with Gasteiger partial charge in [-0.1, -0.05) is 5.16 Å². The Morgan fingerprint density at radius 1 is 1.11 bits per heavy atom. The number of aromatic nitrogens is 2. The first-order valence-corrected chi connectivity index (χ1v) is 11.5. The first-order valence-electron chi connectivity index (χ1n) is 11.5. The molecule has 0 aliphatic carbocycles. The van der Waals surface area contributed by atoms with Gasteiger partial charge in [0.1, 0.15) is 0 Å². The van der Waals surface area contributed by atoms with E-state index in [1.807, 2.05) is 0 Å². The maximum atomic E-state index is 13.3. The van der Waals surface area contributed by atoms with E-state index in [1.165, 1.54) is 21.9 Å². The smallest absolute Gasteiger partial charge is 0.439 e. The summed E-state index contributed by atoms with van der Waals surface area (Å²) >= 11 is 0. The zero-order chi connectivity index (χ0) is 27.4. The van der Waals surface area contributed by atoms with E-state index in [9.17, 15) is 24.0 Å². The minimum absolute atomic E-state index is 0.0877. The normalized spacial score (nSPS) is 16.0. The molecule has 2 unspecified atom stereocenters. The first-order chi connectivity index (χ1) is 18.1. The molecule has 13 nitrogen and oxygen atoms in total. The molecule has 2 atom stereocenters. The van der Waals surface area contributed by atoms with Gasteiger partial charge in [-0.25, -0.2) is 4.79 Å². The fourth-order valence-electron chi connectivity index (χ4n) is 3.83. The van der Waals surface area contributed by atoms with Crippen LogP contribution in [0.25, 0.3) is 11.4 Å². The maximum absolute atomic E-state index is 13.3. The SMILES string of the molecule is CC(=O)OC(C(=O)Nc1ccc(-c2noc(=O)[nH]2)cc1)C1OCCN(c2ccc(C(=O)N(C)C)cc2)C1=O. The number of benzene rings is 2. The third kappa shape index (κ3) is 5.78. The highest BCUT2D eigenvalue weighted by atomic mass is 16.6. The molecule has 0 saturated carbocycles. The topological polar surface area (TPSA) is 164 Å². The van der Waals surface area contributed by atoms with Crippen LogP contribution in [-0.2, 0) is 23.9 Å². The lowest BCUT2D eigenvalue weighted by molar-refractivity contribution is -0.167. The molecule has 3 amide bonds. The molecule has 38 heavy (non-hydrogen) atoms. The van der Waals surface area contributed by atoms with Gasteiger partial charge in [0.05, 0.1) is 6.61 Å². The molecule has 1 fully saturated rings. The summed E-state index contributed by atoms with van der Waals surface area (Å²) in [6, 6.07) is 12.7. The standard InChI is InChI=1S/C25H25N5O8/c1-14(31)37-19(22(32)26-17-8-4-15(5-9-17)21-27-25(35)38-28-21)20-24(34)30(12-13-36-20)18-10-6-16(7-11-18)23(33)29(2)3/h4-11,19-20H,12-13H2,1-3H3,(H,26,32)(H,27,28,35). The first kappa shape index (κ1) is 26.3. The van der Waals surface area contributed by atoms with Crippen LogP contribution < -0.4 is 16.0 Å². The predicted octanol–water partition coefficient (Wildman–Crippen LogP) is 1.03. The minimum Gasteiger partial charge on any atom is -0.449 e. The lowest BCUT2D eigenvalue weighted by atomic mass is 10.1. The van der Waals surface area contributed by atoms with Gasteiger partial charge >= 0.3 is 11.7 Å². The molecule has 1 saturated heterocycles. The van der Waals surface area contributed by atoms with Gasteiger partial charge in [0.25, 0.3) is 17.7 Å². The Kier molecular flexibility index (Phi) is 7.67. The molecule has 198 valence electrons. The van der Waals surface area contributed by atoms with Gasteiger partial charge < -0.3 is 24.6 Å². The average molecular weight is 524 g/mol. The van der Waals surface area contributed by atoms with Gasteiger partial charge in [0, 0.05) is 50.1 Å². The van der Waals surface area contributed by atoms with E-state index in [2.05, 4.69) is 20.0 Å². The van der Waals surface area contributed by atoms with Crippen molar-refractivity contribution >= 4 is 35.1 Å².